The summed E-state index contributed by atoms with van der Waals surface area (Å²) in [4.78, 5) is 14.3. The van der Waals surface area contributed by atoms with Crippen LogP contribution in [-0.2, 0) is 12.8 Å². The van der Waals surface area contributed by atoms with Crippen molar-refractivity contribution in [3.05, 3.63) is 57.1 Å². The van der Waals surface area contributed by atoms with Crippen LogP contribution < -0.4 is 10.6 Å². The number of carbonyl (C=O) groups is 1. The Morgan fingerprint density at radius 3 is 2.54 bits per heavy atom. The van der Waals surface area contributed by atoms with Gasteiger partial charge in [-0.05, 0) is 48.9 Å². The van der Waals surface area contributed by atoms with Gasteiger partial charge in [0.15, 0.2) is 0 Å². The predicted molar refractivity (Wildman–Crippen MR) is 101 cm³/mol. The van der Waals surface area contributed by atoms with Gasteiger partial charge in [0.1, 0.15) is 5.00 Å². The Hall–Kier alpha value is -1.78. The number of hydrogen-bond donors (Lipinski definition) is 2. The highest BCUT2D eigenvalue weighted by Gasteiger charge is 2.26. The SMILES string of the molecule is O=C1NC(c2ccc(Cl)cc2)=CNc2sc3c(c21)CCCCCC3. The standard InChI is InChI=1S/C19H19ClN2OS/c20-13-9-7-12(8-10-13)15-11-21-19-17(18(23)22-15)14-5-3-1-2-4-6-16(14)24-19/h7-11,21H,1-6H2,(H,22,23). The molecule has 1 amide bonds. The van der Waals surface area contributed by atoms with Crippen molar-refractivity contribution in [3.8, 4) is 0 Å². The van der Waals surface area contributed by atoms with Gasteiger partial charge in [-0.25, -0.2) is 0 Å². The Labute approximate surface area is 150 Å². The molecule has 1 aromatic carbocycles. The van der Waals surface area contributed by atoms with Crippen molar-refractivity contribution >= 4 is 39.5 Å². The number of thiophene rings is 1. The number of halogens is 1. The fourth-order valence-corrected chi connectivity index (χ4v) is 4.79. The minimum atomic E-state index is -0.00530. The minimum Gasteiger partial charge on any atom is -0.351 e. The number of anilines is 1. The lowest BCUT2D eigenvalue weighted by molar-refractivity contribution is 0.0974. The molecular formula is C19H19ClN2OS. The minimum absolute atomic E-state index is 0.00530. The smallest absolute Gasteiger partial charge is 0.259 e. The third kappa shape index (κ3) is 2.96. The first kappa shape index (κ1) is 15.7. The van der Waals surface area contributed by atoms with Gasteiger partial charge in [-0.15, -0.1) is 11.3 Å². The zero-order valence-corrected chi connectivity index (χ0v) is 14.9. The molecule has 3 nitrogen and oxygen atoms in total. The Morgan fingerprint density at radius 1 is 1.00 bits per heavy atom. The van der Waals surface area contributed by atoms with Crippen molar-refractivity contribution in [2.24, 2.45) is 0 Å². The summed E-state index contributed by atoms with van der Waals surface area (Å²) in [6.07, 6.45) is 8.93. The number of nitrogens with one attached hydrogen (secondary N) is 2. The summed E-state index contributed by atoms with van der Waals surface area (Å²) < 4.78 is 0. The molecule has 2 N–H and O–H groups in total. The highest BCUT2D eigenvalue weighted by atomic mass is 35.5. The molecule has 1 aliphatic carbocycles. The maximum absolute atomic E-state index is 12.9. The first-order valence-electron chi connectivity index (χ1n) is 8.41. The third-order valence-corrected chi connectivity index (χ3v) is 6.12. The summed E-state index contributed by atoms with van der Waals surface area (Å²) in [7, 11) is 0. The summed E-state index contributed by atoms with van der Waals surface area (Å²) in [5.41, 5.74) is 3.82. The van der Waals surface area contributed by atoms with Crippen LogP contribution in [0, 0.1) is 0 Å². The molecule has 2 aromatic rings. The van der Waals surface area contributed by atoms with Crippen LogP contribution in [0.15, 0.2) is 30.5 Å². The van der Waals surface area contributed by atoms with E-state index in [4.69, 9.17) is 11.6 Å². The Bertz CT molecular complexity index is 808. The van der Waals surface area contributed by atoms with Gasteiger partial charge in [0, 0.05) is 16.1 Å². The molecule has 2 aliphatic rings. The van der Waals surface area contributed by atoms with Gasteiger partial charge in [0.05, 0.1) is 11.3 Å². The molecular weight excluding hydrogens is 340 g/mol. The van der Waals surface area contributed by atoms with Crippen molar-refractivity contribution in [2.75, 3.05) is 5.32 Å². The van der Waals surface area contributed by atoms with Crippen molar-refractivity contribution in [2.45, 2.75) is 38.5 Å². The number of rotatable bonds is 1. The molecule has 4 rings (SSSR count). The van der Waals surface area contributed by atoms with Gasteiger partial charge in [-0.1, -0.05) is 36.6 Å². The van der Waals surface area contributed by atoms with Crippen molar-refractivity contribution in [3.63, 3.8) is 0 Å². The lowest BCUT2D eigenvalue weighted by Gasteiger charge is -2.12. The number of hydrogen-bond acceptors (Lipinski definition) is 3. The van der Waals surface area contributed by atoms with E-state index in [0.29, 0.717) is 5.02 Å². The van der Waals surface area contributed by atoms with Crippen molar-refractivity contribution in [1.82, 2.24) is 5.32 Å². The fraction of sp³-hybridized carbons (Fsp3) is 0.316. The predicted octanol–water partition coefficient (Wildman–Crippen LogP) is 5.21. The van der Waals surface area contributed by atoms with Crippen LogP contribution in [0.2, 0.25) is 5.02 Å². The lowest BCUT2D eigenvalue weighted by atomic mass is 9.96. The van der Waals surface area contributed by atoms with Crippen LogP contribution >= 0.6 is 22.9 Å². The monoisotopic (exact) mass is 358 g/mol. The van der Waals surface area contributed by atoms with Gasteiger partial charge in [-0.3, -0.25) is 4.79 Å². The second kappa shape index (κ2) is 6.61. The van der Waals surface area contributed by atoms with Crippen LogP contribution in [0.1, 0.15) is 52.0 Å². The molecule has 2 heterocycles. The van der Waals surface area contributed by atoms with Crippen LogP contribution in [0.25, 0.3) is 5.70 Å². The highest BCUT2D eigenvalue weighted by molar-refractivity contribution is 7.16. The van der Waals surface area contributed by atoms with Crippen LogP contribution in [-0.4, -0.2) is 5.91 Å². The van der Waals surface area contributed by atoms with Crippen molar-refractivity contribution in [1.29, 1.82) is 0 Å². The molecule has 124 valence electrons. The molecule has 0 saturated carbocycles. The number of carbonyl (C=O) groups excluding carboxylic acids is 1. The van der Waals surface area contributed by atoms with E-state index in [2.05, 4.69) is 10.6 Å². The van der Waals surface area contributed by atoms with E-state index in [1.807, 2.05) is 30.5 Å². The summed E-state index contributed by atoms with van der Waals surface area (Å²) in [6.45, 7) is 0. The topological polar surface area (TPSA) is 41.1 Å². The number of amides is 1. The second-order valence-corrected chi connectivity index (χ2v) is 7.83. The zero-order valence-electron chi connectivity index (χ0n) is 13.3. The average molecular weight is 359 g/mol. The first-order valence-corrected chi connectivity index (χ1v) is 9.60. The van der Waals surface area contributed by atoms with Crippen LogP contribution in [0.5, 0.6) is 0 Å². The van der Waals surface area contributed by atoms with Gasteiger partial charge in [0.25, 0.3) is 5.91 Å². The van der Waals surface area contributed by atoms with E-state index in [1.54, 1.807) is 11.3 Å². The fourth-order valence-electron chi connectivity index (χ4n) is 3.40. The number of aryl methyl sites for hydroxylation is 1. The van der Waals surface area contributed by atoms with Gasteiger partial charge < -0.3 is 10.6 Å². The molecule has 0 spiro atoms. The first-order chi connectivity index (χ1) is 11.7. The van der Waals surface area contributed by atoms with E-state index in [9.17, 15) is 4.79 Å². The second-order valence-electron chi connectivity index (χ2n) is 6.29. The third-order valence-electron chi connectivity index (χ3n) is 4.65. The summed E-state index contributed by atoms with van der Waals surface area (Å²) >= 11 is 7.69. The van der Waals surface area contributed by atoms with Crippen LogP contribution in [0.3, 0.4) is 0 Å². The molecule has 1 aromatic heterocycles. The van der Waals surface area contributed by atoms with E-state index in [0.717, 1.165) is 34.7 Å². The number of fused-ring (bicyclic) bond motifs is 3. The molecule has 1 aliphatic heterocycles. The molecule has 0 saturated heterocycles. The molecule has 0 radical (unpaired) electrons. The summed E-state index contributed by atoms with van der Waals surface area (Å²) in [5.74, 6) is -0.00530. The van der Waals surface area contributed by atoms with Gasteiger partial charge >= 0.3 is 0 Å². The number of benzene rings is 1. The summed E-state index contributed by atoms with van der Waals surface area (Å²) in [6, 6.07) is 7.50. The maximum atomic E-state index is 12.9. The maximum Gasteiger partial charge on any atom is 0.259 e. The lowest BCUT2D eigenvalue weighted by Crippen LogP contribution is -2.22. The molecule has 5 heteroatoms. The van der Waals surface area contributed by atoms with Crippen LogP contribution in [0.4, 0.5) is 5.00 Å². The van der Waals surface area contributed by atoms with Gasteiger partial charge in [-0.2, -0.15) is 0 Å². The largest absolute Gasteiger partial charge is 0.351 e. The molecule has 24 heavy (non-hydrogen) atoms. The Morgan fingerprint density at radius 2 is 1.75 bits per heavy atom. The Balaban J connectivity index is 1.69. The normalized spacial score (nSPS) is 17.4. The van der Waals surface area contributed by atoms with E-state index in [1.165, 1.54) is 36.1 Å². The Kier molecular flexibility index (Phi) is 4.33. The zero-order chi connectivity index (χ0) is 16.5. The van der Waals surface area contributed by atoms with Gasteiger partial charge in [0.2, 0.25) is 0 Å². The van der Waals surface area contributed by atoms with Crippen molar-refractivity contribution < 1.29 is 4.79 Å². The van der Waals surface area contributed by atoms with E-state index < -0.39 is 0 Å². The molecule has 0 unspecified atom stereocenters. The molecule has 0 atom stereocenters. The van der Waals surface area contributed by atoms with E-state index in [-0.39, 0.29) is 5.91 Å². The molecule has 0 bridgehead atoms. The van der Waals surface area contributed by atoms with E-state index >= 15 is 0 Å². The molecule has 0 fully saturated rings. The summed E-state index contributed by atoms with van der Waals surface area (Å²) in [5, 5.41) is 8.09. The quantitative estimate of drug-likeness (QED) is 0.734. The highest BCUT2D eigenvalue weighted by Crippen LogP contribution is 2.38. The average Bonchev–Trinajstić information content (AvgIpc) is 2.80.